The van der Waals surface area contributed by atoms with Crippen LogP contribution in [0.2, 0.25) is 0 Å². The minimum absolute atomic E-state index is 0.276. The number of hydrogen-bond donors (Lipinski definition) is 0. The minimum atomic E-state index is 0.276. The molecule has 0 amide bonds. The summed E-state index contributed by atoms with van der Waals surface area (Å²) in [5, 5.41) is 0. The fourth-order valence-corrected chi connectivity index (χ4v) is 4.79. The summed E-state index contributed by atoms with van der Waals surface area (Å²) in [7, 11) is 0.276. The van der Waals surface area contributed by atoms with Crippen LogP contribution in [0.3, 0.4) is 0 Å². The largest absolute Gasteiger partial charge is 0.289 e. The van der Waals surface area contributed by atoms with E-state index < -0.39 is 0 Å². The van der Waals surface area contributed by atoms with Crippen molar-refractivity contribution in [1.82, 2.24) is 0 Å². The number of benzene rings is 1. The third-order valence-corrected chi connectivity index (χ3v) is 6.98. The first kappa shape index (κ1) is 21.3. The van der Waals surface area contributed by atoms with Gasteiger partial charge in [-0.05, 0) is 30.7 Å². The Bertz CT molecular complexity index is 415. The second kappa shape index (κ2) is 14.6. The maximum Gasteiger partial charge on any atom is 0.211 e. The fourth-order valence-electron chi connectivity index (χ4n) is 3.00. The van der Waals surface area contributed by atoms with Gasteiger partial charge in [-0.1, -0.05) is 88.6 Å². The van der Waals surface area contributed by atoms with E-state index in [2.05, 4.69) is 13.8 Å². The van der Waals surface area contributed by atoms with Crippen LogP contribution in [0.1, 0.15) is 88.4 Å². The molecule has 2 heteroatoms. The topological polar surface area (TPSA) is 17.1 Å². The van der Waals surface area contributed by atoms with Crippen molar-refractivity contribution in [2.75, 3.05) is 17.3 Å². The van der Waals surface area contributed by atoms with E-state index in [1.807, 2.05) is 30.3 Å². The number of rotatable bonds is 15. The molecule has 0 N–H and O–H groups in total. The van der Waals surface area contributed by atoms with Crippen molar-refractivity contribution in [3.63, 3.8) is 0 Å². The summed E-state index contributed by atoms with van der Waals surface area (Å²) < 4.78 is 0. The zero-order valence-electron chi connectivity index (χ0n) is 15.9. The van der Waals surface area contributed by atoms with Gasteiger partial charge in [0.1, 0.15) is 11.5 Å². The van der Waals surface area contributed by atoms with Gasteiger partial charge in [0.15, 0.2) is 5.75 Å². The lowest BCUT2D eigenvalue weighted by Gasteiger charge is -2.07. The predicted molar refractivity (Wildman–Crippen MR) is 110 cm³/mol. The van der Waals surface area contributed by atoms with Crippen LogP contribution in [0.5, 0.6) is 0 Å². The summed E-state index contributed by atoms with van der Waals surface area (Å²) in [5.41, 5.74) is 0.881. The molecular formula is C22H37OS+. The average Bonchev–Trinajstić information content (AvgIpc) is 2.62. The summed E-state index contributed by atoms with van der Waals surface area (Å²) in [6.45, 7) is 4.51. The standard InChI is InChI=1S/C22H37OS/c1-3-5-6-7-8-9-10-11-12-16-19-24(4-2)20-22(23)21-17-14-13-15-18-21/h13-15,17-18H,3-12,16,19-20H2,1-2H3/q+1. The molecule has 1 unspecified atom stereocenters. The highest BCUT2D eigenvalue weighted by atomic mass is 32.2. The van der Waals surface area contributed by atoms with E-state index in [1.165, 1.54) is 70.0 Å². The van der Waals surface area contributed by atoms with E-state index >= 15 is 0 Å². The van der Waals surface area contributed by atoms with Crippen molar-refractivity contribution in [3.05, 3.63) is 35.9 Å². The summed E-state index contributed by atoms with van der Waals surface area (Å²) >= 11 is 0. The molecular weight excluding hydrogens is 312 g/mol. The Morgan fingerprint density at radius 1 is 0.792 bits per heavy atom. The van der Waals surface area contributed by atoms with Gasteiger partial charge in [-0.15, -0.1) is 0 Å². The predicted octanol–water partition coefficient (Wildman–Crippen LogP) is 6.43. The van der Waals surface area contributed by atoms with Crippen molar-refractivity contribution in [1.29, 1.82) is 0 Å². The highest BCUT2D eigenvalue weighted by molar-refractivity contribution is 7.97. The maximum atomic E-state index is 12.3. The number of ketones is 1. The highest BCUT2D eigenvalue weighted by Crippen LogP contribution is 2.12. The van der Waals surface area contributed by atoms with E-state index in [0.717, 1.165) is 17.1 Å². The molecule has 1 aromatic carbocycles. The molecule has 1 atom stereocenters. The average molecular weight is 350 g/mol. The molecule has 0 fully saturated rings. The number of Topliss-reactive ketones (excluding diaryl/α,β-unsaturated/α-hetero) is 1. The van der Waals surface area contributed by atoms with Crippen molar-refractivity contribution >= 4 is 16.7 Å². The first-order valence-electron chi connectivity index (χ1n) is 10.00. The Balaban J connectivity index is 2.05. The van der Waals surface area contributed by atoms with Gasteiger partial charge in [0.2, 0.25) is 5.78 Å². The van der Waals surface area contributed by atoms with Crippen LogP contribution in [0.25, 0.3) is 0 Å². The van der Waals surface area contributed by atoms with Crippen LogP contribution >= 0.6 is 0 Å². The van der Waals surface area contributed by atoms with E-state index in [0.29, 0.717) is 5.78 Å². The van der Waals surface area contributed by atoms with Gasteiger partial charge in [0, 0.05) is 5.56 Å². The highest BCUT2D eigenvalue weighted by Gasteiger charge is 2.20. The number of unbranched alkanes of at least 4 members (excludes halogenated alkanes) is 9. The molecule has 0 aromatic heterocycles. The zero-order chi connectivity index (χ0) is 17.5. The Morgan fingerprint density at radius 3 is 1.88 bits per heavy atom. The van der Waals surface area contributed by atoms with Gasteiger partial charge in [0.25, 0.3) is 0 Å². The molecule has 0 radical (unpaired) electrons. The van der Waals surface area contributed by atoms with E-state index in [-0.39, 0.29) is 10.9 Å². The summed E-state index contributed by atoms with van der Waals surface area (Å²) in [6.07, 6.45) is 13.8. The number of hydrogen-bond acceptors (Lipinski definition) is 1. The minimum Gasteiger partial charge on any atom is -0.289 e. The van der Waals surface area contributed by atoms with Gasteiger partial charge >= 0.3 is 0 Å². The lowest BCUT2D eigenvalue weighted by Crippen LogP contribution is -2.21. The Labute approximate surface area is 153 Å². The summed E-state index contributed by atoms with van der Waals surface area (Å²) in [4.78, 5) is 12.3. The lowest BCUT2D eigenvalue weighted by molar-refractivity contribution is 0.102. The third-order valence-electron chi connectivity index (χ3n) is 4.63. The third kappa shape index (κ3) is 10.2. The normalized spacial score (nSPS) is 12.2. The van der Waals surface area contributed by atoms with Crippen LogP contribution in [0, 0.1) is 0 Å². The molecule has 0 saturated heterocycles. The lowest BCUT2D eigenvalue weighted by atomic mass is 10.1. The van der Waals surface area contributed by atoms with Crippen LogP contribution < -0.4 is 0 Å². The molecule has 1 nitrogen and oxygen atoms in total. The van der Waals surface area contributed by atoms with Crippen molar-refractivity contribution in [3.8, 4) is 0 Å². The van der Waals surface area contributed by atoms with Gasteiger partial charge in [-0.2, -0.15) is 0 Å². The first-order valence-corrected chi connectivity index (χ1v) is 11.7. The molecule has 1 aromatic rings. The summed E-state index contributed by atoms with van der Waals surface area (Å²) in [5.74, 6) is 3.47. The van der Waals surface area contributed by atoms with Crippen molar-refractivity contribution in [2.24, 2.45) is 0 Å². The quantitative estimate of drug-likeness (QED) is 0.203. The molecule has 0 aliphatic carbocycles. The monoisotopic (exact) mass is 349 g/mol. The molecule has 24 heavy (non-hydrogen) atoms. The molecule has 136 valence electrons. The molecule has 0 spiro atoms. The molecule has 0 heterocycles. The SMILES string of the molecule is CCCCCCCCCCCC[S+](CC)CC(=O)c1ccccc1. The van der Waals surface area contributed by atoms with Crippen molar-refractivity contribution in [2.45, 2.75) is 78.1 Å². The van der Waals surface area contributed by atoms with Crippen LogP contribution in [0.15, 0.2) is 30.3 Å². The van der Waals surface area contributed by atoms with Gasteiger partial charge in [-0.3, -0.25) is 4.79 Å². The van der Waals surface area contributed by atoms with Gasteiger partial charge in [-0.25, -0.2) is 0 Å². The Kier molecular flexibility index (Phi) is 12.9. The molecule has 1 rings (SSSR count). The maximum absolute atomic E-state index is 12.3. The summed E-state index contributed by atoms with van der Waals surface area (Å²) in [6, 6.07) is 9.78. The zero-order valence-corrected chi connectivity index (χ0v) is 16.7. The Hall–Kier alpha value is -0.760. The molecule has 0 bridgehead atoms. The van der Waals surface area contributed by atoms with E-state index in [4.69, 9.17) is 0 Å². The second-order valence-corrected chi connectivity index (χ2v) is 9.22. The van der Waals surface area contributed by atoms with Gasteiger partial charge < -0.3 is 0 Å². The second-order valence-electron chi connectivity index (χ2n) is 6.72. The fraction of sp³-hybridized carbons (Fsp3) is 0.682. The molecule has 0 saturated carbocycles. The van der Waals surface area contributed by atoms with Gasteiger partial charge in [0.05, 0.1) is 0 Å². The number of carbonyl (C=O) groups is 1. The number of carbonyl (C=O) groups excluding carboxylic acids is 1. The van der Waals surface area contributed by atoms with E-state index in [9.17, 15) is 4.79 Å². The Morgan fingerprint density at radius 2 is 1.33 bits per heavy atom. The van der Waals surface area contributed by atoms with Crippen LogP contribution in [-0.2, 0) is 10.9 Å². The first-order chi connectivity index (χ1) is 11.8. The van der Waals surface area contributed by atoms with E-state index in [1.54, 1.807) is 0 Å². The van der Waals surface area contributed by atoms with Crippen LogP contribution in [0.4, 0.5) is 0 Å². The molecule has 0 aliphatic rings. The smallest absolute Gasteiger partial charge is 0.211 e. The van der Waals surface area contributed by atoms with Crippen molar-refractivity contribution < 1.29 is 4.79 Å². The van der Waals surface area contributed by atoms with Crippen LogP contribution in [-0.4, -0.2) is 23.0 Å². The molecule has 0 aliphatic heterocycles.